The smallest absolute Gasteiger partial charge is 0.342 e. The van der Waals surface area contributed by atoms with Gasteiger partial charge in [-0.3, -0.25) is 4.79 Å². The SMILES string of the molecule is COc1cc(NC(=O)COC(=O)c2cccc(OC)c2OC)c(OC)cc1Cl. The maximum Gasteiger partial charge on any atom is 0.342 e. The van der Waals surface area contributed by atoms with Crippen molar-refractivity contribution in [3.63, 3.8) is 0 Å². The number of carbonyl (C=O) groups excluding carboxylic acids is 2. The molecule has 0 saturated heterocycles. The van der Waals surface area contributed by atoms with Crippen LogP contribution in [0.4, 0.5) is 5.69 Å². The van der Waals surface area contributed by atoms with Crippen LogP contribution in [0.2, 0.25) is 5.02 Å². The van der Waals surface area contributed by atoms with Gasteiger partial charge in [0.2, 0.25) is 0 Å². The van der Waals surface area contributed by atoms with Crippen molar-refractivity contribution in [2.45, 2.75) is 0 Å². The molecule has 8 nitrogen and oxygen atoms in total. The van der Waals surface area contributed by atoms with E-state index in [1.165, 1.54) is 46.6 Å². The second-order valence-electron chi connectivity index (χ2n) is 5.35. The molecule has 1 N–H and O–H groups in total. The van der Waals surface area contributed by atoms with Gasteiger partial charge in [0.25, 0.3) is 5.91 Å². The van der Waals surface area contributed by atoms with E-state index in [0.29, 0.717) is 28.0 Å². The van der Waals surface area contributed by atoms with E-state index in [1.807, 2.05) is 0 Å². The van der Waals surface area contributed by atoms with Crippen LogP contribution in [-0.2, 0) is 9.53 Å². The number of anilines is 1. The fourth-order valence-corrected chi connectivity index (χ4v) is 2.63. The third kappa shape index (κ3) is 4.77. The summed E-state index contributed by atoms with van der Waals surface area (Å²) in [7, 11) is 5.74. The van der Waals surface area contributed by atoms with Crippen LogP contribution in [0.5, 0.6) is 23.0 Å². The van der Waals surface area contributed by atoms with E-state index >= 15 is 0 Å². The van der Waals surface area contributed by atoms with E-state index in [-0.39, 0.29) is 11.3 Å². The molecular formula is C19H20ClNO7. The zero-order chi connectivity index (χ0) is 20.7. The number of esters is 1. The van der Waals surface area contributed by atoms with Gasteiger partial charge in [-0.05, 0) is 12.1 Å². The average molecular weight is 410 g/mol. The van der Waals surface area contributed by atoms with Crippen molar-refractivity contribution in [2.24, 2.45) is 0 Å². The maximum atomic E-state index is 12.3. The first-order valence-electron chi connectivity index (χ1n) is 8.04. The average Bonchev–Trinajstić information content (AvgIpc) is 2.71. The molecule has 150 valence electrons. The number of hydrogen-bond acceptors (Lipinski definition) is 7. The summed E-state index contributed by atoms with van der Waals surface area (Å²) in [5.41, 5.74) is 0.462. The van der Waals surface area contributed by atoms with E-state index < -0.39 is 18.5 Å². The Morgan fingerprint density at radius 1 is 0.929 bits per heavy atom. The molecular weight excluding hydrogens is 390 g/mol. The lowest BCUT2D eigenvalue weighted by Gasteiger charge is -2.14. The number of hydrogen-bond donors (Lipinski definition) is 1. The monoisotopic (exact) mass is 409 g/mol. The molecule has 0 aliphatic heterocycles. The lowest BCUT2D eigenvalue weighted by Crippen LogP contribution is -2.21. The molecule has 0 atom stereocenters. The highest BCUT2D eigenvalue weighted by Gasteiger charge is 2.19. The fourth-order valence-electron chi connectivity index (χ4n) is 2.40. The molecule has 0 heterocycles. The first kappa shape index (κ1) is 21.2. The summed E-state index contributed by atoms with van der Waals surface area (Å²) in [5.74, 6) is -0.0147. The van der Waals surface area contributed by atoms with E-state index in [0.717, 1.165) is 0 Å². The molecule has 0 aliphatic rings. The number of ether oxygens (including phenoxy) is 5. The Morgan fingerprint density at radius 3 is 2.21 bits per heavy atom. The second kappa shape index (κ2) is 9.70. The predicted molar refractivity (Wildman–Crippen MR) is 103 cm³/mol. The summed E-state index contributed by atoms with van der Waals surface area (Å²) in [6.07, 6.45) is 0. The Kier molecular flexibility index (Phi) is 7.34. The summed E-state index contributed by atoms with van der Waals surface area (Å²) < 4.78 is 25.7. The number of benzene rings is 2. The topological polar surface area (TPSA) is 92.3 Å². The van der Waals surface area contributed by atoms with Crippen LogP contribution >= 0.6 is 11.6 Å². The molecule has 0 aromatic heterocycles. The molecule has 1 amide bonds. The van der Waals surface area contributed by atoms with Gasteiger partial charge in [0, 0.05) is 12.1 Å². The highest BCUT2D eigenvalue weighted by molar-refractivity contribution is 6.32. The zero-order valence-corrected chi connectivity index (χ0v) is 16.6. The Hall–Kier alpha value is -3.13. The number of halogens is 1. The quantitative estimate of drug-likeness (QED) is 0.669. The van der Waals surface area contributed by atoms with Crippen LogP contribution in [0.1, 0.15) is 10.4 Å². The van der Waals surface area contributed by atoms with Crippen molar-refractivity contribution >= 4 is 29.2 Å². The second-order valence-corrected chi connectivity index (χ2v) is 5.76. The van der Waals surface area contributed by atoms with Crippen LogP contribution in [0, 0.1) is 0 Å². The molecule has 2 aromatic carbocycles. The van der Waals surface area contributed by atoms with Crippen LogP contribution in [0.25, 0.3) is 0 Å². The van der Waals surface area contributed by atoms with Crippen LogP contribution in [0.3, 0.4) is 0 Å². The van der Waals surface area contributed by atoms with E-state index in [4.69, 9.17) is 35.3 Å². The van der Waals surface area contributed by atoms with Crippen molar-refractivity contribution in [1.29, 1.82) is 0 Å². The van der Waals surface area contributed by atoms with Crippen molar-refractivity contribution in [2.75, 3.05) is 40.4 Å². The van der Waals surface area contributed by atoms with Gasteiger partial charge in [-0.25, -0.2) is 4.79 Å². The van der Waals surface area contributed by atoms with E-state index in [1.54, 1.807) is 12.1 Å². The number of rotatable bonds is 8. The van der Waals surface area contributed by atoms with Gasteiger partial charge in [-0.2, -0.15) is 0 Å². The molecule has 28 heavy (non-hydrogen) atoms. The number of nitrogens with one attached hydrogen (secondary N) is 1. The summed E-state index contributed by atoms with van der Waals surface area (Å²) in [4.78, 5) is 24.5. The normalized spacial score (nSPS) is 10.0. The molecule has 0 fully saturated rings. The molecule has 0 radical (unpaired) electrons. The van der Waals surface area contributed by atoms with Gasteiger partial charge in [0.05, 0.1) is 39.1 Å². The molecule has 2 rings (SSSR count). The number of para-hydroxylation sites is 1. The Balaban J connectivity index is 2.08. The molecule has 0 saturated carbocycles. The van der Waals surface area contributed by atoms with Gasteiger partial charge < -0.3 is 29.0 Å². The molecule has 0 spiro atoms. The summed E-state index contributed by atoms with van der Waals surface area (Å²) in [6, 6.07) is 7.77. The first-order chi connectivity index (χ1) is 13.4. The Labute approximate surface area is 167 Å². The van der Waals surface area contributed by atoms with Crippen LogP contribution < -0.4 is 24.3 Å². The largest absolute Gasteiger partial charge is 0.495 e. The molecule has 0 aliphatic carbocycles. The summed E-state index contributed by atoms with van der Waals surface area (Å²) in [5, 5.41) is 2.91. The summed E-state index contributed by atoms with van der Waals surface area (Å²) >= 11 is 6.03. The number of carbonyl (C=O) groups is 2. The highest BCUT2D eigenvalue weighted by atomic mass is 35.5. The lowest BCUT2D eigenvalue weighted by molar-refractivity contribution is -0.119. The minimum absolute atomic E-state index is 0.139. The maximum absolute atomic E-state index is 12.3. The molecule has 0 unspecified atom stereocenters. The Morgan fingerprint density at radius 2 is 1.61 bits per heavy atom. The molecule has 9 heteroatoms. The lowest BCUT2D eigenvalue weighted by atomic mass is 10.2. The number of amides is 1. The fraction of sp³-hybridized carbons (Fsp3) is 0.263. The first-order valence-corrected chi connectivity index (χ1v) is 8.42. The third-order valence-corrected chi connectivity index (χ3v) is 4.00. The third-order valence-electron chi connectivity index (χ3n) is 3.71. The van der Waals surface area contributed by atoms with Crippen LogP contribution in [0.15, 0.2) is 30.3 Å². The molecule has 0 bridgehead atoms. The summed E-state index contributed by atoms with van der Waals surface area (Å²) in [6.45, 7) is -0.521. The number of methoxy groups -OCH3 is 4. The van der Waals surface area contributed by atoms with Crippen LogP contribution in [-0.4, -0.2) is 46.9 Å². The minimum atomic E-state index is -0.730. The van der Waals surface area contributed by atoms with Gasteiger partial charge in [-0.15, -0.1) is 0 Å². The predicted octanol–water partition coefficient (Wildman–Crippen LogP) is 3.17. The van der Waals surface area contributed by atoms with Crippen molar-refractivity contribution in [1.82, 2.24) is 0 Å². The zero-order valence-electron chi connectivity index (χ0n) is 15.8. The van der Waals surface area contributed by atoms with Gasteiger partial charge in [0.1, 0.15) is 17.1 Å². The van der Waals surface area contributed by atoms with Gasteiger partial charge in [-0.1, -0.05) is 17.7 Å². The van der Waals surface area contributed by atoms with Gasteiger partial charge >= 0.3 is 5.97 Å². The Bertz CT molecular complexity index is 870. The molecule has 2 aromatic rings. The standard InChI is InChI=1S/C19H20ClNO7/c1-24-14-7-5-6-11(18(14)27-4)19(23)28-10-17(22)21-13-9-15(25-2)12(20)8-16(13)26-3/h5-9H,10H2,1-4H3,(H,21,22). The van der Waals surface area contributed by atoms with Crippen molar-refractivity contribution in [3.05, 3.63) is 40.9 Å². The van der Waals surface area contributed by atoms with E-state index in [9.17, 15) is 9.59 Å². The van der Waals surface area contributed by atoms with Gasteiger partial charge in [0.15, 0.2) is 18.1 Å². The van der Waals surface area contributed by atoms with E-state index in [2.05, 4.69) is 5.32 Å². The van der Waals surface area contributed by atoms with Crippen molar-refractivity contribution < 1.29 is 33.3 Å². The highest BCUT2D eigenvalue weighted by Crippen LogP contribution is 2.36. The minimum Gasteiger partial charge on any atom is -0.495 e. The van der Waals surface area contributed by atoms with Crippen molar-refractivity contribution in [3.8, 4) is 23.0 Å².